The van der Waals surface area contributed by atoms with E-state index in [2.05, 4.69) is 9.40 Å². The van der Waals surface area contributed by atoms with Gasteiger partial charge in [-0.2, -0.15) is 0 Å². The Labute approximate surface area is 122 Å². The zero-order valence-electron chi connectivity index (χ0n) is 11.2. The Morgan fingerprint density at radius 2 is 1.24 bits per heavy atom. The van der Waals surface area contributed by atoms with E-state index in [9.17, 15) is 9.59 Å². The summed E-state index contributed by atoms with van der Waals surface area (Å²) in [6.45, 7) is 0. The third-order valence-electron chi connectivity index (χ3n) is 2.63. The topological polar surface area (TPSA) is 60.2 Å². The number of oxazole rings is 1. The van der Waals surface area contributed by atoms with Crippen molar-refractivity contribution >= 4 is 11.6 Å². The van der Waals surface area contributed by atoms with Crippen molar-refractivity contribution < 1.29 is 14.0 Å². The van der Waals surface area contributed by atoms with Crippen LogP contribution in [-0.2, 0) is 0 Å². The van der Waals surface area contributed by atoms with Gasteiger partial charge in [-0.25, -0.2) is 4.98 Å². The molecular weight excluding hydrogens is 266 g/mol. The highest BCUT2D eigenvalue weighted by Crippen LogP contribution is 2.07. The smallest absolute Gasteiger partial charge is 0.233 e. The maximum absolute atomic E-state index is 11.8. The van der Waals surface area contributed by atoms with Gasteiger partial charge in [0, 0.05) is 11.1 Å². The van der Waals surface area contributed by atoms with Crippen LogP contribution in [0.4, 0.5) is 0 Å². The second-order valence-corrected chi connectivity index (χ2v) is 4.07. The molecule has 4 nitrogen and oxygen atoms in total. The molecule has 4 heteroatoms. The van der Waals surface area contributed by atoms with E-state index in [0.717, 1.165) is 0 Å². The Bertz CT molecular complexity index is 610. The second kappa shape index (κ2) is 7.55. The quantitative estimate of drug-likeness (QED) is 0.544. The van der Waals surface area contributed by atoms with Crippen LogP contribution < -0.4 is 0 Å². The first kappa shape index (κ1) is 14.4. The molecule has 0 saturated carbocycles. The van der Waals surface area contributed by atoms with Gasteiger partial charge in [0.05, 0.1) is 6.20 Å². The van der Waals surface area contributed by atoms with Gasteiger partial charge < -0.3 is 4.42 Å². The fourth-order valence-electron chi connectivity index (χ4n) is 1.62. The van der Waals surface area contributed by atoms with Crippen molar-refractivity contribution in [3.8, 4) is 0 Å². The van der Waals surface area contributed by atoms with Gasteiger partial charge in [-0.1, -0.05) is 60.7 Å². The van der Waals surface area contributed by atoms with Gasteiger partial charge in [-0.05, 0) is 0 Å². The molecule has 3 aromatic rings. The molecule has 21 heavy (non-hydrogen) atoms. The van der Waals surface area contributed by atoms with Crippen LogP contribution in [0, 0.1) is 0 Å². The average molecular weight is 279 g/mol. The number of carbonyl (C=O) groups is 2. The number of aromatic nitrogens is 1. The van der Waals surface area contributed by atoms with Crippen LogP contribution in [0.2, 0.25) is 0 Å². The maximum Gasteiger partial charge on any atom is 0.233 e. The number of carbonyl (C=O) groups excluding carboxylic acids is 2. The molecule has 0 fully saturated rings. The van der Waals surface area contributed by atoms with Crippen molar-refractivity contribution in [2.24, 2.45) is 0 Å². The minimum absolute atomic E-state index is 0.427. The molecule has 0 amide bonds. The van der Waals surface area contributed by atoms with Gasteiger partial charge in [0.25, 0.3) is 0 Å². The molecule has 0 N–H and O–H groups in total. The summed E-state index contributed by atoms with van der Waals surface area (Å²) in [6, 6.07) is 17.2. The summed E-state index contributed by atoms with van der Waals surface area (Å²) in [4.78, 5) is 27.1. The van der Waals surface area contributed by atoms with Crippen molar-refractivity contribution in [1.29, 1.82) is 0 Å². The lowest BCUT2D eigenvalue weighted by Crippen LogP contribution is -2.14. The molecular formula is C17H13NO3. The van der Waals surface area contributed by atoms with Crippen molar-refractivity contribution in [3.63, 3.8) is 0 Å². The number of nitrogens with zero attached hydrogens (tertiary/aromatic N) is 1. The molecule has 1 heterocycles. The first-order valence-electron chi connectivity index (χ1n) is 6.30. The number of ketones is 2. The van der Waals surface area contributed by atoms with Crippen molar-refractivity contribution in [2.75, 3.05) is 0 Å². The van der Waals surface area contributed by atoms with Gasteiger partial charge >= 0.3 is 0 Å². The molecule has 3 rings (SSSR count). The van der Waals surface area contributed by atoms with E-state index >= 15 is 0 Å². The highest BCUT2D eigenvalue weighted by Gasteiger charge is 2.16. The molecule has 0 saturated heterocycles. The third-order valence-corrected chi connectivity index (χ3v) is 2.63. The standard InChI is InChI=1S/C14H10O2.C3H3NO/c15-13(11-7-3-1-4-8-11)14(16)12-9-5-2-6-10-12;1-2-5-3-4-1/h1-10H;1-3H. The Morgan fingerprint density at radius 1 is 0.762 bits per heavy atom. The Morgan fingerprint density at radius 3 is 1.52 bits per heavy atom. The Hall–Kier alpha value is -3.01. The van der Waals surface area contributed by atoms with Crippen LogP contribution in [0.3, 0.4) is 0 Å². The molecule has 104 valence electrons. The highest BCUT2D eigenvalue weighted by molar-refractivity contribution is 6.49. The summed E-state index contributed by atoms with van der Waals surface area (Å²) < 4.78 is 4.47. The molecule has 0 spiro atoms. The predicted octanol–water partition coefficient (Wildman–Crippen LogP) is 3.43. The fraction of sp³-hybridized carbons (Fsp3) is 0. The number of benzene rings is 2. The molecule has 0 aliphatic carbocycles. The van der Waals surface area contributed by atoms with E-state index in [1.165, 1.54) is 12.7 Å². The number of Topliss-reactive ketones (excluding diaryl/α,β-unsaturated/α-hetero) is 2. The number of rotatable bonds is 3. The van der Waals surface area contributed by atoms with Crippen LogP contribution in [0.15, 0.2) is 83.9 Å². The SMILES string of the molecule is O=C(C(=O)c1ccccc1)c1ccccc1.c1cocn1. The zero-order chi connectivity index (χ0) is 14.9. The summed E-state index contributed by atoms with van der Waals surface area (Å²) in [5, 5.41) is 0. The highest BCUT2D eigenvalue weighted by atomic mass is 16.3. The molecule has 0 radical (unpaired) electrons. The molecule has 0 aliphatic heterocycles. The average Bonchev–Trinajstić information content (AvgIpc) is 3.15. The maximum atomic E-state index is 11.8. The minimum atomic E-state index is -0.466. The number of hydrogen-bond donors (Lipinski definition) is 0. The van der Waals surface area contributed by atoms with Crippen LogP contribution in [-0.4, -0.2) is 16.6 Å². The largest absolute Gasteiger partial charge is 0.452 e. The Kier molecular flexibility index (Phi) is 5.18. The molecule has 2 aromatic carbocycles. The summed E-state index contributed by atoms with van der Waals surface area (Å²) in [7, 11) is 0. The molecule has 0 aliphatic rings. The minimum Gasteiger partial charge on any atom is -0.452 e. The van der Waals surface area contributed by atoms with Crippen molar-refractivity contribution in [1.82, 2.24) is 4.98 Å². The zero-order valence-corrected chi connectivity index (χ0v) is 11.2. The normalized spacial score (nSPS) is 9.33. The van der Waals surface area contributed by atoms with Crippen LogP contribution in [0.1, 0.15) is 20.7 Å². The van der Waals surface area contributed by atoms with E-state index < -0.39 is 11.6 Å². The van der Waals surface area contributed by atoms with E-state index in [1.54, 1.807) is 54.7 Å². The van der Waals surface area contributed by atoms with Gasteiger partial charge in [0.2, 0.25) is 11.6 Å². The van der Waals surface area contributed by atoms with E-state index in [-0.39, 0.29) is 0 Å². The first-order valence-corrected chi connectivity index (χ1v) is 6.30. The van der Waals surface area contributed by atoms with Gasteiger partial charge in [0.1, 0.15) is 6.26 Å². The summed E-state index contributed by atoms with van der Waals surface area (Å²) in [6.07, 6.45) is 4.47. The van der Waals surface area contributed by atoms with Crippen molar-refractivity contribution in [2.45, 2.75) is 0 Å². The summed E-state index contributed by atoms with van der Waals surface area (Å²) in [5.41, 5.74) is 0.854. The van der Waals surface area contributed by atoms with Crippen LogP contribution >= 0.6 is 0 Å². The molecule has 0 unspecified atom stereocenters. The molecule has 1 aromatic heterocycles. The molecule has 0 bridgehead atoms. The molecule has 0 atom stereocenters. The van der Waals surface area contributed by atoms with Gasteiger partial charge in [-0.3, -0.25) is 9.59 Å². The van der Waals surface area contributed by atoms with E-state index in [1.807, 2.05) is 12.1 Å². The van der Waals surface area contributed by atoms with Crippen LogP contribution in [0.5, 0.6) is 0 Å². The van der Waals surface area contributed by atoms with E-state index in [4.69, 9.17) is 0 Å². The fourth-order valence-corrected chi connectivity index (χ4v) is 1.62. The monoisotopic (exact) mass is 279 g/mol. The summed E-state index contributed by atoms with van der Waals surface area (Å²) in [5.74, 6) is -0.932. The summed E-state index contributed by atoms with van der Waals surface area (Å²) >= 11 is 0. The third kappa shape index (κ3) is 4.24. The number of hydrogen-bond acceptors (Lipinski definition) is 4. The van der Waals surface area contributed by atoms with Gasteiger partial charge in [0.15, 0.2) is 6.39 Å². The van der Waals surface area contributed by atoms with Gasteiger partial charge in [-0.15, -0.1) is 0 Å². The van der Waals surface area contributed by atoms with Crippen LogP contribution in [0.25, 0.3) is 0 Å². The van der Waals surface area contributed by atoms with E-state index in [0.29, 0.717) is 11.1 Å². The first-order chi connectivity index (χ1) is 10.3. The lowest BCUT2D eigenvalue weighted by molar-refractivity contribution is 0.0817. The lowest BCUT2D eigenvalue weighted by atomic mass is 10.0. The Balaban J connectivity index is 0.000000272. The van der Waals surface area contributed by atoms with Crippen molar-refractivity contribution in [3.05, 3.63) is 90.6 Å². The lowest BCUT2D eigenvalue weighted by Gasteiger charge is -1.99. The second-order valence-electron chi connectivity index (χ2n) is 4.07. The predicted molar refractivity (Wildman–Crippen MR) is 78.0 cm³/mol.